The molecule has 1 N–H and O–H groups in total. The Hall–Kier alpha value is -1.88. The molecule has 3 rings (SSSR count). The van der Waals surface area contributed by atoms with Gasteiger partial charge < -0.3 is 10.1 Å². The number of hydrogen-bond donors (Lipinski definition) is 1. The van der Waals surface area contributed by atoms with Crippen LogP contribution < -0.4 is 5.32 Å². The molecule has 5 heteroatoms. The summed E-state index contributed by atoms with van der Waals surface area (Å²) in [5, 5.41) is 6.11. The van der Waals surface area contributed by atoms with Crippen LogP contribution >= 0.6 is 11.3 Å². The molecule has 122 valence electrons. The number of nitrogens with one attached hydrogen (secondary N) is 1. The number of aromatic nitrogens is 1. The number of thiazole rings is 1. The standard InChI is InChI=1S/C18H22N2O2S/c1-4-5-13-10-18(3,22-16(13)21)15-11-23-17(20-15)19-14-8-6-12(2)7-9-14/h6-9,11,13H,4-5,10H2,1-3H3,(H,19,20)/t13-,18+/m1/s1. The molecule has 2 aromatic rings. The van der Waals surface area contributed by atoms with E-state index in [4.69, 9.17) is 4.74 Å². The Morgan fingerprint density at radius 1 is 1.39 bits per heavy atom. The van der Waals surface area contributed by atoms with E-state index in [1.165, 1.54) is 16.9 Å². The van der Waals surface area contributed by atoms with Crippen molar-refractivity contribution in [1.29, 1.82) is 0 Å². The topological polar surface area (TPSA) is 51.2 Å². The largest absolute Gasteiger partial charge is 0.453 e. The zero-order chi connectivity index (χ0) is 16.4. The van der Waals surface area contributed by atoms with Gasteiger partial charge in [0.2, 0.25) is 0 Å². The minimum Gasteiger partial charge on any atom is -0.453 e. The number of anilines is 2. The van der Waals surface area contributed by atoms with Crippen molar-refractivity contribution in [2.75, 3.05) is 5.32 Å². The fourth-order valence-corrected chi connectivity index (χ4v) is 3.81. The first kappa shape index (κ1) is 16.0. The highest BCUT2D eigenvalue weighted by Gasteiger charge is 2.45. The molecule has 0 radical (unpaired) electrons. The molecule has 4 nitrogen and oxygen atoms in total. The number of aryl methyl sites for hydroxylation is 1. The van der Waals surface area contributed by atoms with E-state index in [2.05, 4.69) is 36.3 Å². The number of cyclic esters (lactones) is 1. The molecule has 2 heterocycles. The summed E-state index contributed by atoms with van der Waals surface area (Å²) < 4.78 is 5.66. The van der Waals surface area contributed by atoms with Crippen LogP contribution in [-0.2, 0) is 15.1 Å². The summed E-state index contributed by atoms with van der Waals surface area (Å²) in [6, 6.07) is 8.19. The Balaban J connectivity index is 1.74. The third-order valence-corrected chi connectivity index (χ3v) is 5.04. The number of ether oxygens (including phenoxy) is 1. The normalized spacial score (nSPS) is 23.8. The maximum atomic E-state index is 12.0. The van der Waals surface area contributed by atoms with E-state index < -0.39 is 5.60 Å². The van der Waals surface area contributed by atoms with E-state index in [9.17, 15) is 4.79 Å². The van der Waals surface area contributed by atoms with E-state index >= 15 is 0 Å². The summed E-state index contributed by atoms with van der Waals surface area (Å²) in [4.78, 5) is 16.7. The van der Waals surface area contributed by atoms with Gasteiger partial charge in [-0.3, -0.25) is 4.79 Å². The molecule has 0 spiro atoms. The Kier molecular flexibility index (Phi) is 4.39. The fourth-order valence-electron chi connectivity index (χ4n) is 2.96. The molecule has 0 amide bonds. The lowest BCUT2D eigenvalue weighted by Crippen LogP contribution is -2.21. The van der Waals surface area contributed by atoms with Crippen molar-refractivity contribution in [3.63, 3.8) is 0 Å². The van der Waals surface area contributed by atoms with Crippen LogP contribution in [0.1, 0.15) is 44.4 Å². The summed E-state index contributed by atoms with van der Waals surface area (Å²) >= 11 is 1.54. The Morgan fingerprint density at radius 2 is 2.13 bits per heavy atom. The van der Waals surface area contributed by atoms with Crippen LogP contribution in [0, 0.1) is 12.8 Å². The monoisotopic (exact) mass is 330 g/mol. The van der Waals surface area contributed by atoms with Crippen molar-refractivity contribution in [2.45, 2.75) is 45.6 Å². The molecule has 0 unspecified atom stereocenters. The van der Waals surface area contributed by atoms with Gasteiger partial charge in [0.25, 0.3) is 0 Å². The number of rotatable bonds is 5. The van der Waals surface area contributed by atoms with Crippen molar-refractivity contribution < 1.29 is 9.53 Å². The van der Waals surface area contributed by atoms with Gasteiger partial charge in [0.05, 0.1) is 11.6 Å². The van der Waals surface area contributed by atoms with Gasteiger partial charge >= 0.3 is 5.97 Å². The summed E-state index contributed by atoms with van der Waals surface area (Å²) in [6.07, 6.45) is 2.59. The molecule has 0 saturated carbocycles. The van der Waals surface area contributed by atoms with Crippen LogP contribution in [0.4, 0.5) is 10.8 Å². The summed E-state index contributed by atoms with van der Waals surface area (Å²) in [6.45, 7) is 6.12. The fraction of sp³-hybridized carbons (Fsp3) is 0.444. The molecule has 23 heavy (non-hydrogen) atoms. The highest BCUT2D eigenvalue weighted by atomic mass is 32.1. The minimum absolute atomic E-state index is 0.000192. The van der Waals surface area contributed by atoms with Gasteiger partial charge in [-0.05, 0) is 32.4 Å². The van der Waals surface area contributed by atoms with Crippen LogP contribution in [0.3, 0.4) is 0 Å². The van der Waals surface area contributed by atoms with Crippen molar-refractivity contribution in [3.05, 3.63) is 40.9 Å². The van der Waals surface area contributed by atoms with Crippen molar-refractivity contribution in [1.82, 2.24) is 4.98 Å². The quantitative estimate of drug-likeness (QED) is 0.802. The van der Waals surface area contributed by atoms with Crippen molar-refractivity contribution in [3.8, 4) is 0 Å². The van der Waals surface area contributed by atoms with Crippen LogP contribution in [0.15, 0.2) is 29.6 Å². The van der Waals surface area contributed by atoms with Gasteiger partial charge in [-0.2, -0.15) is 0 Å². The highest BCUT2D eigenvalue weighted by Crippen LogP contribution is 2.42. The van der Waals surface area contributed by atoms with Gasteiger partial charge in [-0.25, -0.2) is 4.98 Å². The molecule has 0 bridgehead atoms. The van der Waals surface area contributed by atoms with Crippen LogP contribution in [-0.4, -0.2) is 11.0 Å². The lowest BCUT2D eigenvalue weighted by atomic mass is 9.91. The minimum atomic E-state index is -0.597. The van der Waals surface area contributed by atoms with Gasteiger partial charge in [-0.1, -0.05) is 31.0 Å². The summed E-state index contributed by atoms with van der Waals surface area (Å²) in [5.74, 6) is -0.0874. The lowest BCUT2D eigenvalue weighted by Gasteiger charge is -2.19. The van der Waals surface area contributed by atoms with Crippen LogP contribution in [0.5, 0.6) is 0 Å². The maximum absolute atomic E-state index is 12.0. The number of nitrogens with zero attached hydrogens (tertiary/aromatic N) is 1. The lowest BCUT2D eigenvalue weighted by molar-refractivity contribution is -0.150. The molecule has 1 aromatic heterocycles. The number of esters is 1. The second-order valence-electron chi connectivity index (χ2n) is 6.37. The number of benzene rings is 1. The molecule has 1 aliphatic heterocycles. The Labute approximate surface area is 140 Å². The average Bonchev–Trinajstić information content (AvgIpc) is 3.08. The predicted molar refractivity (Wildman–Crippen MR) is 93.0 cm³/mol. The van der Waals surface area contributed by atoms with Gasteiger partial charge in [0.1, 0.15) is 0 Å². The zero-order valence-corrected chi connectivity index (χ0v) is 14.6. The van der Waals surface area contributed by atoms with Gasteiger partial charge in [0, 0.05) is 17.5 Å². The number of carbonyl (C=O) groups excluding carboxylic acids is 1. The van der Waals surface area contributed by atoms with Crippen molar-refractivity contribution >= 4 is 28.1 Å². The molecule has 1 aliphatic rings. The summed E-state index contributed by atoms with van der Waals surface area (Å²) in [7, 11) is 0. The van der Waals surface area contributed by atoms with E-state index in [-0.39, 0.29) is 11.9 Å². The Morgan fingerprint density at radius 3 is 2.83 bits per heavy atom. The predicted octanol–water partition coefficient (Wildman–Crippen LogP) is 4.77. The third-order valence-electron chi connectivity index (χ3n) is 4.28. The van der Waals surface area contributed by atoms with Crippen molar-refractivity contribution in [2.24, 2.45) is 5.92 Å². The molecule has 1 aromatic carbocycles. The molecule has 1 saturated heterocycles. The summed E-state index contributed by atoms with van der Waals surface area (Å²) in [5.41, 5.74) is 2.47. The molecule has 1 fully saturated rings. The first-order valence-electron chi connectivity index (χ1n) is 8.03. The highest BCUT2D eigenvalue weighted by molar-refractivity contribution is 7.13. The van der Waals surface area contributed by atoms with Crippen LogP contribution in [0.25, 0.3) is 0 Å². The van der Waals surface area contributed by atoms with Gasteiger partial charge in [0.15, 0.2) is 10.7 Å². The Bertz CT molecular complexity index is 695. The first-order valence-corrected chi connectivity index (χ1v) is 8.90. The van der Waals surface area contributed by atoms with E-state index in [0.717, 1.165) is 29.4 Å². The second kappa shape index (κ2) is 6.32. The first-order chi connectivity index (χ1) is 11.0. The number of hydrogen-bond acceptors (Lipinski definition) is 5. The van der Waals surface area contributed by atoms with Gasteiger partial charge in [-0.15, -0.1) is 11.3 Å². The second-order valence-corrected chi connectivity index (χ2v) is 7.23. The third kappa shape index (κ3) is 3.39. The molecular weight excluding hydrogens is 308 g/mol. The molecule has 0 aliphatic carbocycles. The average molecular weight is 330 g/mol. The number of carbonyl (C=O) groups is 1. The SMILES string of the molecule is CCC[C@@H]1C[C@@](C)(c2csc(Nc3ccc(C)cc3)n2)OC1=O. The zero-order valence-electron chi connectivity index (χ0n) is 13.8. The molecular formula is C18H22N2O2S. The van der Waals surface area contributed by atoms with E-state index in [0.29, 0.717) is 6.42 Å². The smallest absolute Gasteiger partial charge is 0.310 e. The maximum Gasteiger partial charge on any atom is 0.310 e. The van der Waals surface area contributed by atoms with Crippen LogP contribution in [0.2, 0.25) is 0 Å². The molecule has 2 atom stereocenters. The van der Waals surface area contributed by atoms with E-state index in [1.54, 1.807) is 0 Å². The van der Waals surface area contributed by atoms with E-state index in [1.807, 2.05) is 24.4 Å².